The van der Waals surface area contributed by atoms with E-state index in [1.54, 1.807) is 11.3 Å². The minimum atomic E-state index is 0.621. The van der Waals surface area contributed by atoms with E-state index in [-0.39, 0.29) is 0 Å². The monoisotopic (exact) mass is 241 g/mol. The van der Waals surface area contributed by atoms with Crippen molar-refractivity contribution in [1.82, 2.24) is 0 Å². The maximum Gasteiger partial charge on any atom is 0.0346 e. The second kappa shape index (κ2) is 3.17. The molecule has 2 rings (SSSR count). The number of fused-ring (bicyclic) bond motifs is 1. The summed E-state index contributed by atoms with van der Waals surface area (Å²) in [4.78, 5) is 0. The van der Waals surface area contributed by atoms with Crippen LogP contribution in [0.2, 0.25) is 0 Å². The Bertz CT molecular complexity index is 408. The molecule has 0 aliphatic heterocycles. The van der Waals surface area contributed by atoms with Gasteiger partial charge in [-0.2, -0.15) is 0 Å². The van der Waals surface area contributed by atoms with E-state index in [1.807, 2.05) is 0 Å². The van der Waals surface area contributed by atoms with E-state index in [9.17, 15) is 0 Å². The molecular weight excluding hydrogens is 234 g/mol. The van der Waals surface area contributed by atoms with Crippen LogP contribution in [0.25, 0.3) is 10.1 Å². The number of hydrogen-bond acceptors (Lipinski definition) is 2. The van der Waals surface area contributed by atoms with Crippen molar-refractivity contribution >= 4 is 37.4 Å². The molecule has 1 heterocycles. The highest BCUT2D eigenvalue weighted by molar-refractivity contribution is 9.10. The van der Waals surface area contributed by atoms with Crippen LogP contribution >= 0.6 is 27.3 Å². The Hall–Kier alpha value is -0.380. The molecule has 0 atom stereocenters. The third-order valence-electron chi connectivity index (χ3n) is 1.84. The van der Waals surface area contributed by atoms with Gasteiger partial charge in [0.15, 0.2) is 0 Å². The number of halogens is 1. The second-order valence-electron chi connectivity index (χ2n) is 2.61. The van der Waals surface area contributed by atoms with Crippen LogP contribution in [0.5, 0.6) is 0 Å². The van der Waals surface area contributed by atoms with Crippen molar-refractivity contribution in [3.05, 3.63) is 33.6 Å². The Morgan fingerprint density at radius 3 is 3.00 bits per heavy atom. The first-order chi connectivity index (χ1) is 5.81. The van der Waals surface area contributed by atoms with Crippen LogP contribution in [0.1, 0.15) is 5.56 Å². The van der Waals surface area contributed by atoms with Gasteiger partial charge >= 0.3 is 0 Å². The summed E-state index contributed by atoms with van der Waals surface area (Å²) in [6, 6.07) is 6.29. The number of thiophene rings is 1. The van der Waals surface area contributed by atoms with Crippen molar-refractivity contribution in [2.24, 2.45) is 5.73 Å². The summed E-state index contributed by atoms with van der Waals surface area (Å²) in [6.45, 7) is 0.621. The van der Waals surface area contributed by atoms with Crippen LogP contribution in [-0.2, 0) is 6.54 Å². The lowest BCUT2D eigenvalue weighted by Crippen LogP contribution is -1.93. The Labute approximate surface area is 83.3 Å². The molecule has 0 saturated heterocycles. The Morgan fingerprint density at radius 2 is 2.25 bits per heavy atom. The molecule has 12 heavy (non-hydrogen) atoms. The van der Waals surface area contributed by atoms with Crippen molar-refractivity contribution in [3.63, 3.8) is 0 Å². The Morgan fingerprint density at radius 1 is 1.42 bits per heavy atom. The van der Waals surface area contributed by atoms with Gasteiger partial charge in [-0.15, -0.1) is 11.3 Å². The minimum absolute atomic E-state index is 0.621. The summed E-state index contributed by atoms with van der Waals surface area (Å²) in [6.07, 6.45) is 0. The molecule has 1 aromatic heterocycles. The summed E-state index contributed by atoms with van der Waals surface area (Å²) < 4.78 is 2.42. The standard InChI is InChI=1S/C9H8BrNS/c10-7-1-2-9-8(3-7)6(4-11)5-12-9/h1-3,5H,4,11H2. The van der Waals surface area contributed by atoms with Crippen molar-refractivity contribution < 1.29 is 0 Å². The maximum atomic E-state index is 5.60. The van der Waals surface area contributed by atoms with Crippen LogP contribution in [0.15, 0.2) is 28.1 Å². The van der Waals surface area contributed by atoms with E-state index < -0.39 is 0 Å². The first-order valence-electron chi connectivity index (χ1n) is 3.67. The third-order valence-corrected chi connectivity index (χ3v) is 3.34. The van der Waals surface area contributed by atoms with E-state index >= 15 is 0 Å². The van der Waals surface area contributed by atoms with Gasteiger partial charge < -0.3 is 5.73 Å². The SMILES string of the molecule is NCc1csc2ccc(Br)cc12. The van der Waals surface area contributed by atoms with Crippen molar-refractivity contribution in [1.29, 1.82) is 0 Å². The first kappa shape index (κ1) is 8.23. The third kappa shape index (κ3) is 1.28. The number of nitrogens with two attached hydrogens (primary N) is 1. The molecule has 0 saturated carbocycles. The summed E-state index contributed by atoms with van der Waals surface area (Å²) in [5.74, 6) is 0. The summed E-state index contributed by atoms with van der Waals surface area (Å²) in [5, 5.41) is 3.40. The number of benzene rings is 1. The summed E-state index contributed by atoms with van der Waals surface area (Å²) in [5.41, 5.74) is 6.83. The first-order valence-corrected chi connectivity index (χ1v) is 5.34. The van der Waals surface area contributed by atoms with Crippen molar-refractivity contribution in [2.45, 2.75) is 6.54 Å². The fourth-order valence-electron chi connectivity index (χ4n) is 1.21. The Kier molecular flexibility index (Phi) is 2.17. The van der Waals surface area contributed by atoms with Gasteiger partial charge in [-0.25, -0.2) is 0 Å². The zero-order chi connectivity index (χ0) is 8.55. The van der Waals surface area contributed by atoms with Gasteiger partial charge in [0.2, 0.25) is 0 Å². The topological polar surface area (TPSA) is 26.0 Å². The molecular formula is C9H8BrNS. The summed E-state index contributed by atoms with van der Waals surface area (Å²) >= 11 is 5.19. The fourth-order valence-corrected chi connectivity index (χ4v) is 2.53. The molecule has 0 aliphatic carbocycles. The van der Waals surface area contributed by atoms with Crippen molar-refractivity contribution in [3.8, 4) is 0 Å². The Balaban J connectivity index is 2.75. The normalized spacial score (nSPS) is 10.8. The molecule has 2 N–H and O–H groups in total. The molecule has 0 amide bonds. The van der Waals surface area contributed by atoms with Gasteiger partial charge in [-0.05, 0) is 34.5 Å². The summed E-state index contributed by atoms with van der Waals surface area (Å²) in [7, 11) is 0. The molecule has 0 spiro atoms. The largest absolute Gasteiger partial charge is 0.326 e. The zero-order valence-electron chi connectivity index (χ0n) is 6.38. The van der Waals surface area contributed by atoms with Crippen LogP contribution < -0.4 is 5.73 Å². The molecule has 0 bridgehead atoms. The molecule has 0 unspecified atom stereocenters. The van der Waals surface area contributed by atoms with Crippen LogP contribution in [0.4, 0.5) is 0 Å². The lowest BCUT2D eigenvalue weighted by Gasteiger charge is -1.94. The zero-order valence-corrected chi connectivity index (χ0v) is 8.78. The molecule has 3 heteroatoms. The van der Waals surface area contributed by atoms with Crippen LogP contribution in [0.3, 0.4) is 0 Å². The van der Waals surface area contributed by atoms with E-state index in [1.165, 1.54) is 15.6 Å². The number of hydrogen-bond donors (Lipinski definition) is 1. The average molecular weight is 242 g/mol. The molecule has 0 radical (unpaired) electrons. The van der Waals surface area contributed by atoms with Crippen molar-refractivity contribution in [2.75, 3.05) is 0 Å². The highest BCUT2D eigenvalue weighted by Gasteiger charge is 2.01. The molecule has 0 fully saturated rings. The van der Waals surface area contributed by atoms with Gasteiger partial charge in [0.05, 0.1) is 0 Å². The van der Waals surface area contributed by atoms with E-state index in [2.05, 4.69) is 39.5 Å². The molecule has 62 valence electrons. The van der Waals surface area contributed by atoms with Gasteiger partial charge in [-0.3, -0.25) is 0 Å². The maximum absolute atomic E-state index is 5.60. The fraction of sp³-hybridized carbons (Fsp3) is 0.111. The average Bonchev–Trinajstić information content (AvgIpc) is 2.46. The predicted octanol–water partition coefficient (Wildman–Crippen LogP) is 3.12. The van der Waals surface area contributed by atoms with Gasteiger partial charge in [0, 0.05) is 15.7 Å². The van der Waals surface area contributed by atoms with E-state index in [0.717, 1.165) is 4.47 Å². The molecule has 2 aromatic rings. The molecule has 1 nitrogen and oxygen atoms in total. The van der Waals surface area contributed by atoms with Gasteiger partial charge in [0.25, 0.3) is 0 Å². The molecule has 0 aliphatic rings. The van der Waals surface area contributed by atoms with E-state index in [4.69, 9.17) is 5.73 Å². The highest BCUT2D eigenvalue weighted by atomic mass is 79.9. The lowest BCUT2D eigenvalue weighted by atomic mass is 10.2. The lowest BCUT2D eigenvalue weighted by molar-refractivity contribution is 1.09. The molecule has 1 aromatic carbocycles. The highest BCUT2D eigenvalue weighted by Crippen LogP contribution is 2.28. The predicted molar refractivity (Wildman–Crippen MR) is 57.4 cm³/mol. The van der Waals surface area contributed by atoms with Crippen LogP contribution in [-0.4, -0.2) is 0 Å². The van der Waals surface area contributed by atoms with Gasteiger partial charge in [0.1, 0.15) is 0 Å². The quantitative estimate of drug-likeness (QED) is 0.816. The van der Waals surface area contributed by atoms with Crippen LogP contribution in [0, 0.1) is 0 Å². The van der Waals surface area contributed by atoms with E-state index in [0.29, 0.717) is 6.54 Å². The minimum Gasteiger partial charge on any atom is -0.326 e. The second-order valence-corrected chi connectivity index (χ2v) is 4.43. The number of rotatable bonds is 1. The van der Waals surface area contributed by atoms with Gasteiger partial charge in [-0.1, -0.05) is 15.9 Å². The smallest absolute Gasteiger partial charge is 0.0346 e.